The van der Waals surface area contributed by atoms with E-state index >= 15 is 0 Å². The first-order valence-electron chi connectivity index (χ1n) is 6.08. The highest BCUT2D eigenvalue weighted by Crippen LogP contribution is 2.24. The van der Waals surface area contributed by atoms with Crippen LogP contribution in [0.1, 0.15) is 13.8 Å². The standard InChI is InChI=1S/C14H20N2S/c1-10(2)13(15-3)9-17-14-8-11-6-4-5-7-12(11)16-14/h4-8,10,13,15-16H,9H2,1-3H3. The van der Waals surface area contributed by atoms with Crippen LogP contribution in [0.5, 0.6) is 0 Å². The van der Waals surface area contributed by atoms with Gasteiger partial charge in [-0.1, -0.05) is 32.0 Å². The van der Waals surface area contributed by atoms with Crippen LogP contribution >= 0.6 is 11.8 Å². The number of hydrogen-bond donors (Lipinski definition) is 2. The third-order valence-corrected chi connectivity index (χ3v) is 4.16. The molecule has 1 aromatic heterocycles. The quantitative estimate of drug-likeness (QED) is 0.793. The van der Waals surface area contributed by atoms with Gasteiger partial charge in [0.15, 0.2) is 0 Å². The van der Waals surface area contributed by atoms with Crippen molar-refractivity contribution < 1.29 is 0 Å². The third-order valence-electron chi connectivity index (χ3n) is 3.10. The smallest absolute Gasteiger partial charge is 0.0733 e. The molecule has 2 N–H and O–H groups in total. The maximum Gasteiger partial charge on any atom is 0.0733 e. The molecule has 1 unspecified atom stereocenters. The van der Waals surface area contributed by atoms with Gasteiger partial charge in [0.2, 0.25) is 0 Å². The number of thioether (sulfide) groups is 1. The molecule has 0 spiro atoms. The topological polar surface area (TPSA) is 27.8 Å². The molecule has 17 heavy (non-hydrogen) atoms. The molecule has 0 saturated heterocycles. The van der Waals surface area contributed by atoms with Gasteiger partial charge in [-0.3, -0.25) is 0 Å². The highest BCUT2D eigenvalue weighted by molar-refractivity contribution is 7.99. The van der Waals surface area contributed by atoms with Crippen LogP contribution in [0.15, 0.2) is 35.4 Å². The fourth-order valence-electron chi connectivity index (χ4n) is 1.91. The van der Waals surface area contributed by atoms with E-state index in [0.717, 1.165) is 5.75 Å². The maximum absolute atomic E-state index is 3.45. The van der Waals surface area contributed by atoms with Crippen LogP contribution in [0.25, 0.3) is 10.9 Å². The number of rotatable bonds is 5. The predicted molar refractivity (Wildman–Crippen MR) is 76.7 cm³/mol. The molecule has 92 valence electrons. The van der Waals surface area contributed by atoms with Gasteiger partial charge in [-0.15, -0.1) is 11.8 Å². The van der Waals surface area contributed by atoms with E-state index in [9.17, 15) is 0 Å². The van der Waals surface area contributed by atoms with Crippen LogP contribution in [0.4, 0.5) is 0 Å². The largest absolute Gasteiger partial charge is 0.350 e. The lowest BCUT2D eigenvalue weighted by atomic mass is 10.1. The second-order valence-corrected chi connectivity index (χ2v) is 5.73. The highest BCUT2D eigenvalue weighted by Gasteiger charge is 2.11. The molecule has 0 radical (unpaired) electrons. The molecular formula is C14H20N2S. The van der Waals surface area contributed by atoms with Gasteiger partial charge in [-0.05, 0) is 25.1 Å². The van der Waals surface area contributed by atoms with Crippen molar-refractivity contribution in [2.45, 2.75) is 24.9 Å². The van der Waals surface area contributed by atoms with E-state index in [1.807, 2.05) is 18.8 Å². The number of nitrogens with one attached hydrogen (secondary N) is 2. The number of benzene rings is 1. The molecule has 2 aromatic rings. The predicted octanol–water partition coefficient (Wildman–Crippen LogP) is 3.50. The van der Waals surface area contributed by atoms with Crippen LogP contribution in [0.2, 0.25) is 0 Å². The minimum atomic E-state index is 0.561. The van der Waals surface area contributed by atoms with E-state index in [1.165, 1.54) is 15.9 Å². The van der Waals surface area contributed by atoms with Crippen molar-refractivity contribution in [3.8, 4) is 0 Å². The molecule has 0 saturated carbocycles. The molecule has 2 rings (SSSR count). The molecule has 0 aliphatic rings. The summed E-state index contributed by atoms with van der Waals surface area (Å²) in [5.41, 5.74) is 1.22. The Hall–Kier alpha value is -0.930. The van der Waals surface area contributed by atoms with Crippen LogP contribution in [0, 0.1) is 5.92 Å². The van der Waals surface area contributed by atoms with Crippen molar-refractivity contribution >= 4 is 22.7 Å². The second-order valence-electron chi connectivity index (χ2n) is 4.67. The first-order chi connectivity index (χ1) is 8.20. The summed E-state index contributed by atoms with van der Waals surface area (Å²) in [6.07, 6.45) is 0. The van der Waals surface area contributed by atoms with E-state index < -0.39 is 0 Å². The molecule has 0 fully saturated rings. The van der Waals surface area contributed by atoms with Gasteiger partial charge in [0.05, 0.1) is 5.03 Å². The molecule has 0 aliphatic carbocycles. The fraction of sp³-hybridized carbons (Fsp3) is 0.429. The Morgan fingerprint density at radius 1 is 1.29 bits per heavy atom. The number of H-pyrrole nitrogens is 1. The molecular weight excluding hydrogens is 228 g/mol. The van der Waals surface area contributed by atoms with E-state index in [0.29, 0.717) is 12.0 Å². The van der Waals surface area contributed by atoms with Crippen molar-refractivity contribution in [1.82, 2.24) is 10.3 Å². The van der Waals surface area contributed by atoms with Gasteiger partial charge in [0.25, 0.3) is 0 Å². The van der Waals surface area contributed by atoms with Crippen molar-refractivity contribution in [1.29, 1.82) is 0 Å². The van der Waals surface area contributed by atoms with Crippen LogP contribution in [0.3, 0.4) is 0 Å². The maximum atomic E-state index is 3.45. The minimum Gasteiger partial charge on any atom is -0.350 e. The molecule has 0 bridgehead atoms. The SMILES string of the molecule is CNC(CSc1cc2ccccc2[nH]1)C(C)C. The molecule has 1 aromatic carbocycles. The zero-order valence-electron chi connectivity index (χ0n) is 10.7. The lowest BCUT2D eigenvalue weighted by Gasteiger charge is -2.18. The van der Waals surface area contributed by atoms with E-state index in [-0.39, 0.29) is 0 Å². The zero-order chi connectivity index (χ0) is 12.3. The summed E-state index contributed by atoms with van der Waals surface area (Å²) in [5.74, 6) is 1.76. The van der Waals surface area contributed by atoms with Crippen LogP contribution < -0.4 is 5.32 Å². The number of para-hydroxylation sites is 1. The lowest BCUT2D eigenvalue weighted by molar-refractivity contribution is 0.465. The third kappa shape index (κ3) is 3.05. The second kappa shape index (κ2) is 5.61. The first kappa shape index (κ1) is 12.5. The number of fused-ring (bicyclic) bond motifs is 1. The normalized spacial score (nSPS) is 13.4. The minimum absolute atomic E-state index is 0.561. The summed E-state index contributed by atoms with van der Waals surface area (Å²) in [7, 11) is 2.04. The Morgan fingerprint density at radius 3 is 2.71 bits per heavy atom. The van der Waals surface area contributed by atoms with Crippen LogP contribution in [-0.2, 0) is 0 Å². The lowest BCUT2D eigenvalue weighted by Crippen LogP contribution is -2.32. The van der Waals surface area contributed by atoms with Gasteiger partial charge < -0.3 is 10.3 Å². The summed E-state index contributed by atoms with van der Waals surface area (Å²) in [5, 5.41) is 5.92. The van der Waals surface area contributed by atoms with E-state index in [4.69, 9.17) is 0 Å². The number of aromatic amines is 1. The van der Waals surface area contributed by atoms with Gasteiger partial charge >= 0.3 is 0 Å². The van der Waals surface area contributed by atoms with Crippen molar-refractivity contribution in [2.75, 3.05) is 12.8 Å². The molecule has 3 heteroatoms. The Morgan fingerprint density at radius 2 is 2.06 bits per heavy atom. The van der Waals surface area contributed by atoms with Gasteiger partial charge in [-0.25, -0.2) is 0 Å². The average Bonchev–Trinajstić information content (AvgIpc) is 2.71. The van der Waals surface area contributed by atoms with Crippen molar-refractivity contribution in [2.24, 2.45) is 5.92 Å². The van der Waals surface area contributed by atoms with Gasteiger partial charge in [0.1, 0.15) is 0 Å². The highest BCUT2D eigenvalue weighted by atomic mass is 32.2. The summed E-state index contributed by atoms with van der Waals surface area (Å²) in [6, 6.07) is 11.2. The Labute approximate surface area is 107 Å². The molecule has 0 aliphatic heterocycles. The average molecular weight is 248 g/mol. The molecule has 1 atom stereocenters. The zero-order valence-corrected chi connectivity index (χ0v) is 11.5. The van der Waals surface area contributed by atoms with E-state index in [1.54, 1.807) is 0 Å². The fourth-order valence-corrected chi connectivity index (χ4v) is 3.22. The Kier molecular flexibility index (Phi) is 4.13. The summed E-state index contributed by atoms with van der Waals surface area (Å²) >= 11 is 1.89. The van der Waals surface area contributed by atoms with Crippen molar-refractivity contribution in [3.63, 3.8) is 0 Å². The summed E-state index contributed by atoms with van der Waals surface area (Å²) in [6.45, 7) is 4.51. The summed E-state index contributed by atoms with van der Waals surface area (Å²) < 4.78 is 0. The van der Waals surface area contributed by atoms with Crippen LogP contribution in [-0.4, -0.2) is 23.8 Å². The molecule has 1 heterocycles. The number of hydrogen-bond acceptors (Lipinski definition) is 2. The summed E-state index contributed by atoms with van der Waals surface area (Å²) in [4.78, 5) is 3.45. The number of aromatic nitrogens is 1. The molecule has 0 amide bonds. The van der Waals surface area contributed by atoms with Gasteiger partial charge in [-0.2, -0.15) is 0 Å². The van der Waals surface area contributed by atoms with E-state index in [2.05, 4.69) is 54.5 Å². The first-order valence-corrected chi connectivity index (χ1v) is 7.07. The monoisotopic (exact) mass is 248 g/mol. The Balaban J connectivity index is 2.03. The Bertz CT molecular complexity index is 443. The van der Waals surface area contributed by atoms with Gasteiger partial charge in [0, 0.05) is 22.7 Å². The van der Waals surface area contributed by atoms with Crippen molar-refractivity contribution in [3.05, 3.63) is 30.3 Å². The molecule has 2 nitrogen and oxygen atoms in total.